The molecule has 0 amide bonds. The molecule has 1 heterocycles. The molecule has 0 spiro atoms. The summed E-state index contributed by atoms with van der Waals surface area (Å²) in [6.45, 7) is 0.587. The van der Waals surface area contributed by atoms with E-state index in [9.17, 15) is 4.39 Å². The molecule has 0 aliphatic carbocycles. The van der Waals surface area contributed by atoms with Crippen LogP contribution in [0.15, 0.2) is 40.9 Å². The summed E-state index contributed by atoms with van der Waals surface area (Å²) >= 11 is 3.44. The molecule has 3 rings (SSSR count). The monoisotopic (exact) mass is 346 g/mol. The molecule has 5 heteroatoms. The van der Waals surface area contributed by atoms with Crippen LogP contribution in [0.2, 0.25) is 0 Å². The second-order valence-electron chi connectivity index (χ2n) is 4.82. The van der Waals surface area contributed by atoms with E-state index in [0.29, 0.717) is 17.9 Å². The van der Waals surface area contributed by atoms with Gasteiger partial charge in [-0.3, -0.25) is 0 Å². The Morgan fingerprint density at radius 3 is 2.90 bits per heavy atom. The van der Waals surface area contributed by atoms with Crippen molar-refractivity contribution in [1.82, 2.24) is 0 Å². The number of nitrogens with zero attached hydrogens (tertiary/aromatic N) is 1. The van der Waals surface area contributed by atoms with Crippen LogP contribution in [0.1, 0.15) is 23.6 Å². The van der Waals surface area contributed by atoms with E-state index in [-0.39, 0.29) is 6.04 Å². The Bertz CT molecular complexity index is 727. The highest BCUT2D eigenvalue weighted by atomic mass is 79.9. The number of hydrogen-bond donors (Lipinski definition) is 1. The van der Waals surface area contributed by atoms with Crippen molar-refractivity contribution < 1.29 is 9.13 Å². The molecule has 0 fully saturated rings. The van der Waals surface area contributed by atoms with E-state index in [4.69, 9.17) is 10.00 Å². The summed E-state index contributed by atoms with van der Waals surface area (Å²) in [5.41, 5.74) is 1.71. The van der Waals surface area contributed by atoms with E-state index >= 15 is 0 Å². The van der Waals surface area contributed by atoms with Crippen LogP contribution in [0.25, 0.3) is 0 Å². The summed E-state index contributed by atoms with van der Waals surface area (Å²) in [6.07, 6.45) is 0.753. The number of rotatable bonds is 2. The van der Waals surface area contributed by atoms with Crippen molar-refractivity contribution in [1.29, 1.82) is 5.26 Å². The third-order valence-corrected chi connectivity index (χ3v) is 3.93. The number of nitriles is 1. The molecular formula is C16H12BrFN2O. The van der Waals surface area contributed by atoms with E-state index in [1.165, 1.54) is 6.07 Å². The molecule has 0 bridgehead atoms. The lowest BCUT2D eigenvalue weighted by atomic mass is 10.00. The maximum Gasteiger partial charge on any atom is 0.147 e. The summed E-state index contributed by atoms with van der Waals surface area (Å²) in [6, 6.07) is 12.2. The minimum Gasteiger partial charge on any atom is -0.493 e. The Morgan fingerprint density at radius 2 is 2.14 bits per heavy atom. The zero-order valence-corrected chi connectivity index (χ0v) is 12.7. The normalized spacial score (nSPS) is 16.5. The summed E-state index contributed by atoms with van der Waals surface area (Å²) in [5, 5.41) is 12.0. The molecular weight excluding hydrogens is 335 g/mol. The lowest BCUT2D eigenvalue weighted by molar-refractivity contribution is 0.274. The largest absolute Gasteiger partial charge is 0.493 e. The van der Waals surface area contributed by atoms with Gasteiger partial charge in [-0.25, -0.2) is 4.39 Å². The molecule has 0 saturated carbocycles. The summed E-state index contributed by atoms with van der Waals surface area (Å²) in [4.78, 5) is 0. The van der Waals surface area contributed by atoms with Gasteiger partial charge < -0.3 is 10.1 Å². The van der Waals surface area contributed by atoms with Gasteiger partial charge in [0.25, 0.3) is 0 Å². The fraction of sp³-hybridized carbons (Fsp3) is 0.188. The second kappa shape index (κ2) is 5.74. The molecule has 1 N–H and O–H groups in total. The minimum atomic E-state index is -0.419. The van der Waals surface area contributed by atoms with E-state index in [1.54, 1.807) is 12.1 Å². The van der Waals surface area contributed by atoms with E-state index in [2.05, 4.69) is 21.2 Å². The van der Waals surface area contributed by atoms with Gasteiger partial charge in [-0.05, 0) is 36.4 Å². The average molecular weight is 347 g/mol. The molecule has 2 aromatic carbocycles. The van der Waals surface area contributed by atoms with Gasteiger partial charge in [-0.15, -0.1) is 0 Å². The molecule has 0 saturated heterocycles. The van der Waals surface area contributed by atoms with Crippen LogP contribution in [0, 0.1) is 17.1 Å². The second-order valence-corrected chi connectivity index (χ2v) is 5.74. The quantitative estimate of drug-likeness (QED) is 0.876. The van der Waals surface area contributed by atoms with Crippen molar-refractivity contribution in [2.45, 2.75) is 12.5 Å². The fourth-order valence-corrected chi connectivity index (χ4v) is 2.78. The SMILES string of the molecule is N#Cc1ccc(NC2CCOc3ccc(Br)cc32)c(F)c1. The molecule has 0 aromatic heterocycles. The van der Waals surface area contributed by atoms with Crippen LogP contribution >= 0.6 is 15.9 Å². The van der Waals surface area contributed by atoms with Gasteiger partial charge >= 0.3 is 0 Å². The van der Waals surface area contributed by atoms with Crippen molar-refractivity contribution in [2.24, 2.45) is 0 Å². The third kappa shape index (κ3) is 2.86. The Morgan fingerprint density at radius 1 is 1.29 bits per heavy atom. The van der Waals surface area contributed by atoms with E-state index < -0.39 is 5.82 Å². The lowest BCUT2D eigenvalue weighted by Gasteiger charge is -2.27. The topological polar surface area (TPSA) is 45.0 Å². The predicted octanol–water partition coefficient (Wildman–Crippen LogP) is 4.40. The van der Waals surface area contributed by atoms with Crippen LogP contribution in [-0.2, 0) is 0 Å². The first-order valence-corrected chi connectivity index (χ1v) is 7.35. The Labute approximate surface area is 130 Å². The van der Waals surface area contributed by atoms with Crippen LogP contribution in [0.4, 0.5) is 10.1 Å². The number of fused-ring (bicyclic) bond motifs is 1. The van der Waals surface area contributed by atoms with Crippen molar-refractivity contribution in [3.05, 3.63) is 57.8 Å². The summed E-state index contributed by atoms with van der Waals surface area (Å²) in [7, 11) is 0. The number of anilines is 1. The maximum atomic E-state index is 14.0. The molecule has 2 aromatic rings. The first kappa shape index (κ1) is 13.9. The molecule has 1 aliphatic heterocycles. The van der Waals surface area contributed by atoms with Crippen LogP contribution in [0.5, 0.6) is 5.75 Å². The zero-order valence-electron chi connectivity index (χ0n) is 11.1. The lowest BCUT2D eigenvalue weighted by Crippen LogP contribution is -2.20. The van der Waals surface area contributed by atoms with Gasteiger partial charge in [0, 0.05) is 16.5 Å². The first-order valence-electron chi connectivity index (χ1n) is 6.56. The van der Waals surface area contributed by atoms with Crippen molar-refractivity contribution in [2.75, 3.05) is 11.9 Å². The summed E-state index contributed by atoms with van der Waals surface area (Å²) in [5.74, 6) is 0.396. The van der Waals surface area contributed by atoms with Gasteiger partial charge in [-0.1, -0.05) is 15.9 Å². The highest BCUT2D eigenvalue weighted by Gasteiger charge is 2.22. The summed E-state index contributed by atoms with van der Waals surface area (Å²) < 4.78 is 20.6. The third-order valence-electron chi connectivity index (χ3n) is 3.44. The van der Waals surface area contributed by atoms with Crippen LogP contribution in [0.3, 0.4) is 0 Å². The number of ether oxygens (including phenoxy) is 1. The van der Waals surface area contributed by atoms with Gasteiger partial charge in [0.05, 0.1) is 30.0 Å². The number of nitrogens with one attached hydrogen (secondary N) is 1. The zero-order chi connectivity index (χ0) is 14.8. The van der Waals surface area contributed by atoms with Gasteiger partial charge in [0.2, 0.25) is 0 Å². The predicted molar refractivity (Wildman–Crippen MR) is 81.7 cm³/mol. The molecule has 1 unspecified atom stereocenters. The molecule has 1 aliphatic rings. The Hall–Kier alpha value is -2.06. The molecule has 106 valence electrons. The van der Waals surface area contributed by atoms with Crippen molar-refractivity contribution >= 4 is 21.6 Å². The molecule has 0 radical (unpaired) electrons. The van der Waals surface area contributed by atoms with Crippen LogP contribution < -0.4 is 10.1 Å². The van der Waals surface area contributed by atoms with Gasteiger partial charge in [-0.2, -0.15) is 5.26 Å². The number of hydrogen-bond acceptors (Lipinski definition) is 3. The first-order chi connectivity index (χ1) is 10.2. The number of halogens is 2. The van der Waals surface area contributed by atoms with E-state index in [0.717, 1.165) is 22.2 Å². The maximum absolute atomic E-state index is 14.0. The van der Waals surface area contributed by atoms with Crippen molar-refractivity contribution in [3.63, 3.8) is 0 Å². The fourth-order valence-electron chi connectivity index (χ4n) is 2.40. The van der Waals surface area contributed by atoms with Gasteiger partial charge in [0.1, 0.15) is 11.6 Å². The Kier molecular flexibility index (Phi) is 3.80. The smallest absolute Gasteiger partial charge is 0.147 e. The minimum absolute atomic E-state index is 0.0197. The molecule has 1 atom stereocenters. The Balaban J connectivity index is 1.90. The van der Waals surface area contributed by atoms with E-state index in [1.807, 2.05) is 24.3 Å². The number of benzene rings is 2. The van der Waals surface area contributed by atoms with Crippen molar-refractivity contribution in [3.8, 4) is 11.8 Å². The van der Waals surface area contributed by atoms with Crippen LogP contribution in [-0.4, -0.2) is 6.61 Å². The standard InChI is InChI=1S/C16H12BrFN2O/c17-11-2-4-16-12(8-11)14(5-6-21-16)20-15-3-1-10(9-19)7-13(15)18/h1-4,7-8,14,20H,5-6H2. The molecule has 3 nitrogen and oxygen atoms in total. The van der Waals surface area contributed by atoms with Gasteiger partial charge in [0.15, 0.2) is 0 Å². The highest BCUT2D eigenvalue weighted by molar-refractivity contribution is 9.10. The average Bonchev–Trinajstić information content (AvgIpc) is 2.49. The molecule has 21 heavy (non-hydrogen) atoms. The highest BCUT2D eigenvalue weighted by Crippen LogP contribution is 2.36.